The monoisotopic (exact) mass is 243 g/mol. The number of carbonyl (C=O) groups excluding carboxylic acids is 1. The number of hydrogen-bond acceptors (Lipinski definition) is 3. The molecule has 0 saturated heterocycles. The molecule has 18 heavy (non-hydrogen) atoms. The van der Waals surface area contributed by atoms with Gasteiger partial charge < -0.3 is 5.73 Å². The number of nitrogens with two attached hydrogens (primary N) is 1. The molecule has 4 N–H and O–H groups in total. The van der Waals surface area contributed by atoms with E-state index in [9.17, 15) is 0 Å². The Labute approximate surface area is 105 Å². The van der Waals surface area contributed by atoms with Crippen LogP contribution in [0.25, 0.3) is 11.1 Å². The van der Waals surface area contributed by atoms with Crippen molar-refractivity contribution in [2.45, 2.75) is 0 Å². The SMILES string of the molecule is N=[N+]=N.NC=O.c1ccc(-c2ccccc2)cc1. The average molecular weight is 243 g/mol. The zero-order chi connectivity index (χ0) is 13.6. The van der Waals surface area contributed by atoms with E-state index >= 15 is 0 Å². The maximum atomic E-state index is 8.58. The van der Waals surface area contributed by atoms with Gasteiger partial charge in [-0.15, -0.1) is 0 Å². The Morgan fingerprint density at radius 3 is 1.28 bits per heavy atom. The molecule has 0 atom stereocenters. The number of nitrogens with zero attached hydrogens (tertiary/aromatic N) is 1. The van der Waals surface area contributed by atoms with Crippen molar-refractivity contribution in [3.63, 3.8) is 0 Å². The van der Waals surface area contributed by atoms with Crippen LogP contribution in [-0.4, -0.2) is 6.41 Å². The Kier molecular flexibility index (Phi) is 9.07. The van der Waals surface area contributed by atoms with Crippen LogP contribution >= 0.6 is 0 Å². The van der Waals surface area contributed by atoms with Crippen molar-refractivity contribution in [1.82, 2.24) is 4.91 Å². The molecule has 2 rings (SSSR count). The fraction of sp³-hybridized carbons (Fsp3) is 0. The van der Waals surface area contributed by atoms with Gasteiger partial charge in [0.05, 0.1) is 0 Å². The molecule has 0 bridgehead atoms. The molecule has 5 nitrogen and oxygen atoms in total. The van der Waals surface area contributed by atoms with E-state index in [4.69, 9.17) is 15.9 Å². The summed E-state index contributed by atoms with van der Waals surface area (Å²) >= 11 is 0. The van der Waals surface area contributed by atoms with E-state index < -0.39 is 0 Å². The third-order valence-electron chi connectivity index (χ3n) is 1.88. The smallest absolute Gasteiger partial charge is 0.211 e. The molecule has 0 radical (unpaired) electrons. The summed E-state index contributed by atoms with van der Waals surface area (Å²) in [4.78, 5) is 10.6. The van der Waals surface area contributed by atoms with Crippen LogP contribution in [0.1, 0.15) is 0 Å². The summed E-state index contributed by atoms with van der Waals surface area (Å²) in [5, 5.41) is 0. The van der Waals surface area contributed by atoms with E-state index in [0.29, 0.717) is 0 Å². The summed E-state index contributed by atoms with van der Waals surface area (Å²) in [6, 6.07) is 20.8. The maximum absolute atomic E-state index is 8.58. The molecule has 0 aliphatic heterocycles. The summed E-state index contributed by atoms with van der Waals surface area (Å²) in [6.07, 6.45) is 0.250. The molecule has 0 unspecified atom stereocenters. The molecule has 0 heterocycles. The predicted octanol–water partition coefficient (Wildman–Crippen LogP) is 2.57. The topological polar surface area (TPSA) is 105 Å². The number of nitrogens with one attached hydrogen (secondary N) is 2. The molecule has 0 fully saturated rings. The Hall–Kier alpha value is -2.78. The second-order valence-electron chi connectivity index (χ2n) is 2.98. The lowest BCUT2D eigenvalue weighted by Crippen LogP contribution is -1.82. The highest BCUT2D eigenvalue weighted by atomic mass is 16.1. The van der Waals surface area contributed by atoms with Crippen LogP contribution < -0.4 is 10.6 Å². The number of rotatable bonds is 1. The van der Waals surface area contributed by atoms with Crippen molar-refractivity contribution in [2.24, 2.45) is 5.73 Å². The Bertz CT molecular complexity index is 427. The van der Waals surface area contributed by atoms with Crippen LogP contribution in [0.3, 0.4) is 0 Å². The molecule has 2 aromatic carbocycles. The predicted molar refractivity (Wildman–Crippen MR) is 69.7 cm³/mol. The van der Waals surface area contributed by atoms with Crippen LogP contribution in [0.15, 0.2) is 60.7 Å². The summed E-state index contributed by atoms with van der Waals surface area (Å²) in [5.74, 6) is 0. The molecule has 0 aliphatic rings. The van der Waals surface area contributed by atoms with E-state index in [2.05, 4.69) is 54.3 Å². The second-order valence-corrected chi connectivity index (χ2v) is 2.98. The quantitative estimate of drug-likeness (QED) is 0.399. The summed E-state index contributed by atoms with van der Waals surface area (Å²) in [7, 11) is 0. The highest BCUT2D eigenvalue weighted by Gasteiger charge is 1.91. The van der Waals surface area contributed by atoms with E-state index in [1.54, 1.807) is 0 Å². The summed E-state index contributed by atoms with van der Waals surface area (Å²) in [5.41, 5.74) is 17.7. The number of carbonyl (C=O) groups is 1. The lowest BCUT2D eigenvalue weighted by Gasteiger charge is -1.98. The molecule has 92 valence electrons. The minimum absolute atomic E-state index is 0.250. The lowest BCUT2D eigenvalue weighted by molar-refractivity contribution is -0.106. The van der Waals surface area contributed by atoms with Gasteiger partial charge in [-0.2, -0.15) is 0 Å². The number of primary amides is 1. The van der Waals surface area contributed by atoms with Gasteiger partial charge >= 0.3 is 0 Å². The Balaban J connectivity index is 0.000000414. The highest BCUT2D eigenvalue weighted by Crippen LogP contribution is 2.17. The zero-order valence-electron chi connectivity index (χ0n) is 9.78. The van der Waals surface area contributed by atoms with Crippen molar-refractivity contribution in [1.29, 1.82) is 11.1 Å². The largest absolute Gasteiger partial charge is 0.372 e. The Morgan fingerprint density at radius 2 is 1.06 bits per heavy atom. The third-order valence-corrected chi connectivity index (χ3v) is 1.88. The van der Waals surface area contributed by atoms with E-state index in [1.165, 1.54) is 11.1 Å². The minimum atomic E-state index is 0.250. The van der Waals surface area contributed by atoms with Crippen molar-refractivity contribution in [3.05, 3.63) is 60.7 Å². The first kappa shape index (κ1) is 15.2. The van der Waals surface area contributed by atoms with Crippen molar-refractivity contribution in [2.75, 3.05) is 0 Å². The first-order valence-corrected chi connectivity index (χ1v) is 5.09. The molecular weight excluding hydrogens is 228 g/mol. The van der Waals surface area contributed by atoms with E-state index in [1.807, 2.05) is 17.0 Å². The molecule has 1 amide bonds. The molecule has 0 aromatic heterocycles. The van der Waals surface area contributed by atoms with Gasteiger partial charge in [-0.1, -0.05) is 60.7 Å². The number of benzene rings is 2. The van der Waals surface area contributed by atoms with Crippen LogP contribution in [0.2, 0.25) is 0 Å². The van der Waals surface area contributed by atoms with Gasteiger partial charge in [-0.05, 0) is 11.1 Å². The van der Waals surface area contributed by atoms with Crippen molar-refractivity contribution < 1.29 is 4.79 Å². The third kappa shape index (κ3) is 6.66. The average Bonchev–Trinajstić information content (AvgIpc) is 2.43. The summed E-state index contributed by atoms with van der Waals surface area (Å²) < 4.78 is 0. The van der Waals surface area contributed by atoms with Gasteiger partial charge in [0.1, 0.15) is 11.1 Å². The molecule has 0 saturated carbocycles. The van der Waals surface area contributed by atoms with Crippen LogP contribution in [-0.2, 0) is 4.79 Å². The first-order chi connectivity index (χ1) is 8.79. The van der Waals surface area contributed by atoms with Crippen LogP contribution in [0, 0.1) is 11.1 Å². The van der Waals surface area contributed by atoms with Gasteiger partial charge in [-0.25, -0.2) is 0 Å². The van der Waals surface area contributed by atoms with Gasteiger partial charge in [-0.3, -0.25) is 4.79 Å². The van der Waals surface area contributed by atoms with Gasteiger partial charge in [0, 0.05) is 0 Å². The van der Waals surface area contributed by atoms with Crippen LogP contribution in [0.4, 0.5) is 0 Å². The number of amides is 1. The van der Waals surface area contributed by atoms with Gasteiger partial charge in [0.25, 0.3) is 0 Å². The normalized spacial score (nSPS) is 7.56. The molecule has 2 aromatic rings. The van der Waals surface area contributed by atoms with E-state index in [0.717, 1.165) is 0 Å². The standard InChI is InChI=1S/C12H10.CH3NO.H2N3/c1-3-7-11(8-4-1)12-9-5-2-6-10-12;2-1-3;1-3-2/h1-10H;1H,(H2,2,3);1-2H/q;;+1. The van der Waals surface area contributed by atoms with Crippen LogP contribution in [0.5, 0.6) is 0 Å². The van der Waals surface area contributed by atoms with E-state index in [-0.39, 0.29) is 6.41 Å². The highest BCUT2D eigenvalue weighted by molar-refractivity contribution is 5.62. The van der Waals surface area contributed by atoms with Crippen molar-refractivity contribution in [3.8, 4) is 11.1 Å². The number of hydrogen-bond donors (Lipinski definition) is 3. The first-order valence-electron chi connectivity index (χ1n) is 5.09. The van der Waals surface area contributed by atoms with Gasteiger partial charge in [0.2, 0.25) is 11.3 Å². The fourth-order valence-corrected chi connectivity index (χ4v) is 1.26. The zero-order valence-corrected chi connectivity index (χ0v) is 9.78. The van der Waals surface area contributed by atoms with Crippen molar-refractivity contribution >= 4 is 6.41 Å². The molecular formula is C13H15N4O+. The fourth-order valence-electron chi connectivity index (χ4n) is 1.26. The second kappa shape index (κ2) is 10.7. The molecule has 5 heteroatoms. The van der Waals surface area contributed by atoms with Gasteiger partial charge in [0.15, 0.2) is 0 Å². The maximum Gasteiger partial charge on any atom is 0.211 e. The molecule has 0 spiro atoms. The lowest BCUT2D eigenvalue weighted by atomic mass is 10.1. The summed E-state index contributed by atoms with van der Waals surface area (Å²) in [6.45, 7) is 0. The molecule has 0 aliphatic carbocycles. The Morgan fingerprint density at radius 1 is 0.833 bits per heavy atom. The minimum Gasteiger partial charge on any atom is -0.372 e.